The van der Waals surface area contributed by atoms with Crippen LogP contribution in [0.15, 0.2) is 54.9 Å². The summed E-state index contributed by atoms with van der Waals surface area (Å²) in [5, 5.41) is 18.6. The molecule has 2 N–H and O–H groups in total. The highest BCUT2D eigenvalue weighted by molar-refractivity contribution is 6.07. The summed E-state index contributed by atoms with van der Waals surface area (Å²) in [4.78, 5) is 12.4. The molecule has 0 aliphatic carbocycles. The smallest absolute Gasteiger partial charge is 0.277 e. The Morgan fingerprint density at radius 2 is 2.00 bits per heavy atom. The number of hydrogen-bond acceptors (Lipinski definition) is 4. The molecule has 0 saturated carbocycles. The Hall–Kier alpha value is -3.48. The second-order valence-electron chi connectivity index (χ2n) is 5.48. The van der Waals surface area contributed by atoms with E-state index in [0.717, 1.165) is 22.2 Å². The summed E-state index contributed by atoms with van der Waals surface area (Å²) >= 11 is 0. The predicted molar refractivity (Wildman–Crippen MR) is 90.1 cm³/mol. The number of aromatic amines is 1. The topological polar surface area (TPSA) is 88.5 Å². The number of amides is 1. The van der Waals surface area contributed by atoms with Gasteiger partial charge in [0, 0.05) is 5.39 Å². The van der Waals surface area contributed by atoms with Crippen LogP contribution in [-0.4, -0.2) is 31.1 Å². The molecule has 0 unspecified atom stereocenters. The van der Waals surface area contributed by atoms with Crippen LogP contribution in [0, 0.1) is 6.92 Å². The number of aryl methyl sites for hydroxylation is 1. The van der Waals surface area contributed by atoms with Gasteiger partial charge in [0.25, 0.3) is 5.91 Å². The summed E-state index contributed by atoms with van der Waals surface area (Å²) in [7, 11) is 0. The lowest BCUT2D eigenvalue weighted by Crippen LogP contribution is -2.12. The second-order valence-corrected chi connectivity index (χ2v) is 5.48. The molecular weight excluding hydrogens is 304 g/mol. The van der Waals surface area contributed by atoms with Gasteiger partial charge in [-0.25, -0.2) is 4.68 Å². The van der Waals surface area contributed by atoms with Gasteiger partial charge in [0.1, 0.15) is 0 Å². The van der Waals surface area contributed by atoms with Gasteiger partial charge in [-0.2, -0.15) is 5.10 Å². The third kappa shape index (κ3) is 2.52. The SMILES string of the molecule is Cc1ccc(-n2cc(C(=O)Nc3cccc4cn[nH]c34)nn2)cc1. The van der Waals surface area contributed by atoms with Crippen molar-refractivity contribution < 1.29 is 4.79 Å². The quantitative estimate of drug-likeness (QED) is 0.608. The average Bonchev–Trinajstić information content (AvgIpc) is 3.25. The maximum atomic E-state index is 12.4. The minimum Gasteiger partial charge on any atom is -0.319 e. The van der Waals surface area contributed by atoms with Crippen molar-refractivity contribution in [3.8, 4) is 5.69 Å². The highest BCUT2D eigenvalue weighted by Gasteiger charge is 2.13. The van der Waals surface area contributed by atoms with Gasteiger partial charge >= 0.3 is 0 Å². The fourth-order valence-electron chi connectivity index (χ4n) is 2.45. The number of carbonyl (C=O) groups is 1. The third-order valence-electron chi connectivity index (χ3n) is 3.75. The van der Waals surface area contributed by atoms with Gasteiger partial charge in [-0.3, -0.25) is 9.89 Å². The molecular formula is C17H14N6O. The maximum Gasteiger partial charge on any atom is 0.277 e. The van der Waals surface area contributed by atoms with Crippen molar-refractivity contribution in [3.63, 3.8) is 0 Å². The van der Waals surface area contributed by atoms with Crippen LogP contribution < -0.4 is 5.32 Å². The van der Waals surface area contributed by atoms with E-state index in [1.165, 1.54) is 0 Å². The van der Waals surface area contributed by atoms with Crippen LogP contribution in [-0.2, 0) is 0 Å². The van der Waals surface area contributed by atoms with Crippen LogP contribution in [0.3, 0.4) is 0 Å². The number of benzene rings is 2. The van der Waals surface area contributed by atoms with Crippen molar-refractivity contribution in [1.82, 2.24) is 25.2 Å². The van der Waals surface area contributed by atoms with Crippen molar-refractivity contribution >= 4 is 22.5 Å². The molecule has 0 aliphatic rings. The summed E-state index contributed by atoms with van der Waals surface area (Å²) in [5.41, 5.74) is 3.68. The maximum absolute atomic E-state index is 12.4. The number of H-pyrrole nitrogens is 1. The first-order valence-electron chi connectivity index (χ1n) is 7.43. The normalized spacial score (nSPS) is 10.9. The van der Waals surface area contributed by atoms with E-state index in [4.69, 9.17) is 0 Å². The number of aromatic nitrogens is 5. The molecule has 0 fully saturated rings. The van der Waals surface area contributed by atoms with Gasteiger partial charge in [-0.05, 0) is 25.1 Å². The number of hydrogen-bond donors (Lipinski definition) is 2. The van der Waals surface area contributed by atoms with Crippen molar-refractivity contribution in [2.24, 2.45) is 0 Å². The van der Waals surface area contributed by atoms with E-state index in [1.54, 1.807) is 17.1 Å². The Labute approximate surface area is 137 Å². The number of fused-ring (bicyclic) bond motifs is 1. The molecule has 7 nitrogen and oxygen atoms in total. The lowest BCUT2D eigenvalue weighted by Gasteiger charge is -2.03. The molecule has 2 aromatic carbocycles. The van der Waals surface area contributed by atoms with Crippen LogP contribution in [0.1, 0.15) is 16.1 Å². The van der Waals surface area contributed by atoms with Crippen LogP contribution in [0.2, 0.25) is 0 Å². The lowest BCUT2D eigenvalue weighted by atomic mass is 10.2. The van der Waals surface area contributed by atoms with Gasteiger partial charge in [-0.15, -0.1) is 5.10 Å². The standard InChI is InChI=1S/C17H14N6O/c1-11-5-7-13(8-6-11)23-10-15(20-22-23)17(24)19-14-4-2-3-12-9-18-21-16(12)14/h2-10H,1H3,(H,18,21)(H,19,24). The highest BCUT2D eigenvalue weighted by Crippen LogP contribution is 2.21. The predicted octanol–water partition coefficient (Wildman–Crippen LogP) is 2.70. The van der Waals surface area contributed by atoms with Gasteiger partial charge < -0.3 is 5.32 Å². The van der Waals surface area contributed by atoms with Gasteiger partial charge in [0.2, 0.25) is 0 Å². The zero-order chi connectivity index (χ0) is 16.5. The number of rotatable bonds is 3. The van der Waals surface area contributed by atoms with Gasteiger partial charge in [-0.1, -0.05) is 35.0 Å². The first kappa shape index (κ1) is 14.1. The summed E-state index contributed by atoms with van der Waals surface area (Å²) in [6, 6.07) is 13.4. The average molecular weight is 318 g/mol. The fraction of sp³-hybridized carbons (Fsp3) is 0.0588. The van der Waals surface area contributed by atoms with E-state index in [9.17, 15) is 4.79 Å². The van der Waals surface area contributed by atoms with E-state index >= 15 is 0 Å². The summed E-state index contributed by atoms with van der Waals surface area (Å²) in [6.45, 7) is 2.01. The molecule has 1 amide bonds. The summed E-state index contributed by atoms with van der Waals surface area (Å²) in [6.07, 6.45) is 3.31. The molecule has 24 heavy (non-hydrogen) atoms. The molecule has 2 heterocycles. The Morgan fingerprint density at radius 1 is 1.17 bits per heavy atom. The zero-order valence-electron chi connectivity index (χ0n) is 12.9. The van der Waals surface area contributed by atoms with Gasteiger partial charge in [0.15, 0.2) is 5.69 Å². The first-order chi connectivity index (χ1) is 11.7. The third-order valence-corrected chi connectivity index (χ3v) is 3.75. The number of para-hydroxylation sites is 1. The molecule has 0 atom stereocenters. The van der Waals surface area contributed by atoms with Crippen molar-refractivity contribution in [3.05, 3.63) is 66.1 Å². The molecule has 118 valence electrons. The number of nitrogens with zero attached hydrogens (tertiary/aromatic N) is 4. The minimum atomic E-state index is -0.324. The largest absolute Gasteiger partial charge is 0.319 e. The van der Waals surface area contributed by atoms with E-state index in [0.29, 0.717) is 5.69 Å². The number of nitrogens with one attached hydrogen (secondary N) is 2. The number of anilines is 1. The summed E-state index contributed by atoms with van der Waals surface area (Å²) < 4.78 is 1.57. The summed E-state index contributed by atoms with van der Waals surface area (Å²) in [5.74, 6) is -0.324. The van der Waals surface area contributed by atoms with Crippen LogP contribution in [0.4, 0.5) is 5.69 Å². The van der Waals surface area contributed by atoms with Crippen molar-refractivity contribution in [2.75, 3.05) is 5.32 Å². The Balaban J connectivity index is 1.59. The fourth-order valence-corrected chi connectivity index (χ4v) is 2.45. The monoisotopic (exact) mass is 318 g/mol. The van der Waals surface area contributed by atoms with Crippen LogP contribution >= 0.6 is 0 Å². The van der Waals surface area contributed by atoms with Crippen molar-refractivity contribution in [2.45, 2.75) is 6.92 Å². The van der Waals surface area contributed by atoms with Crippen LogP contribution in [0.5, 0.6) is 0 Å². The molecule has 4 rings (SSSR count). The Bertz CT molecular complexity index is 1010. The lowest BCUT2D eigenvalue weighted by molar-refractivity contribution is 0.102. The molecule has 0 aliphatic heterocycles. The molecule has 2 aromatic heterocycles. The number of carbonyl (C=O) groups excluding carboxylic acids is 1. The van der Waals surface area contributed by atoms with E-state index in [1.807, 2.05) is 49.4 Å². The molecule has 7 heteroatoms. The Kier molecular flexibility index (Phi) is 3.31. The molecule has 4 aromatic rings. The molecule has 0 radical (unpaired) electrons. The van der Waals surface area contributed by atoms with E-state index in [-0.39, 0.29) is 11.6 Å². The molecule has 0 spiro atoms. The first-order valence-corrected chi connectivity index (χ1v) is 7.43. The second kappa shape index (κ2) is 5.62. The van der Waals surface area contributed by atoms with Gasteiger partial charge in [0.05, 0.1) is 29.3 Å². The zero-order valence-corrected chi connectivity index (χ0v) is 12.9. The Morgan fingerprint density at radius 3 is 2.83 bits per heavy atom. The van der Waals surface area contributed by atoms with Crippen molar-refractivity contribution in [1.29, 1.82) is 0 Å². The molecule has 0 bridgehead atoms. The molecule has 0 saturated heterocycles. The highest BCUT2D eigenvalue weighted by atomic mass is 16.2. The minimum absolute atomic E-state index is 0.243. The van der Waals surface area contributed by atoms with Crippen LogP contribution in [0.25, 0.3) is 16.6 Å². The van der Waals surface area contributed by atoms with E-state index < -0.39 is 0 Å². The van der Waals surface area contributed by atoms with E-state index in [2.05, 4.69) is 25.8 Å².